The molecule has 1 aliphatic heterocycles. The number of rotatable bonds is 4. The Hall–Kier alpha value is -2.50. The molecular formula is C20H25N3O3. The van der Waals surface area contributed by atoms with Crippen molar-refractivity contribution >= 4 is 22.7 Å². The SMILES string of the molecule is COc1cccc2[nH]c(C(=O)N3CC4(CC3C(N)=O)CC4C(C)C)cc12. The van der Waals surface area contributed by atoms with E-state index in [9.17, 15) is 9.59 Å². The number of aromatic amines is 1. The monoisotopic (exact) mass is 355 g/mol. The number of amides is 2. The van der Waals surface area contributed by atoms with Gasteiger partial charge in [-0.1, -0.05) is 19.9 Å². The van der Waals surface area contributed by atoms with Gasteiger partial charge in [0.15, 0.2) is 0 Å². The number of ether oxygens (including phenoxy) is 1. The molecule has 4 rings (SSSR count). The van der Waals surface area contributed by atoms with Crippen molar-refractivity contribution in [1.29, 1.82) is 0 Å². The number of carbonyl (C=O) groups excluding carboxylic acids is 2. The smallest absolute Gasteiger partial charge is 0.271 e. The van der Waals surface area contributed by atoms with E-state index in [2.05, 4.69) is 18.8 Å². The van der Waals surface area contributed by atoms with Crippen LogP contribution in [0.25, 0.3) is 10.9 Å². The number of hydrogen-bond donors (Lipinski definition) is 2. The van der Waals surface area contributed by atoms with E-state index >= 15 is 0 Å². The first-order chi connectivity index (χ1) is 12.4. The maximum Gasteiger partial charge on any atom is 0.271 e. The van der Waals surface area contributed by atoms with Crippen LogP contribution in [0.15, 0.2) is 24.3 Å². The molecule has 2 fully saturated rings. The average molecular weight is 355 g/mol. The van der Waals surface area contributed by atoms with Crippen LogP contribution in [-0.4, -0.2) is 41.4 Å². The minimum absolute atomic E-state index is 0.0627. The number of carbonyl (C=O) groups is 2. The van der Waals surface area contributed by atoms with Gasteiger partial charge in [-0.05, 0) is 48.3 Å². The Bertz CT molecular complexity index is 888. The molecule has 138 valence electrons. The predicted molar refractivity (Wildman–Crippen MR) is 98.9 cm³/mol. The molecule has 1 spiro atoms. The topological polar surface area (TPSA) is 88.4 Å². The van der Waals surface area contributed by atoms with E-state index in [1.807, 2.05) is 18.2 Å². The van der Waals surface area contributed by atoms with Crippen LogP contribution in [0, 0.1) is 17.3 Å². The zero-order chi connectivity index (χ0) is 18.6. The van der Waals surface area contributed by atoms with Crippen molar-refractivity contribution < 1.29 is 14.3 Å². The van der Waals surface area contributed by atoms with Crippen LogP contribution in [0.5, 0.6) is 5.75 Å². The summed E-state index contributed by atoms with van der Waals surface area (Å²) < 4.78 is 5.37. The van der Waals surface area contributed by atoms with Crippen LogP contribution in [0.1, 0.15) is 37.2 Å². The number of aromatic nitrogens is 1. The molecule has 6 nitrogen and oxygen atoms in total. The first-order valence-electron chi connectivity index (χ1n) is 9.12. The molecule has 1 aromatic heterocycles. The first kappa shape index (κ1) is 16.9. The minimum Gasteiger partial charge on any atom is -0.496 e. The van der Waals surface area contributed by atoms with E-state index in [1.54, 1.807) is 18.1 Å². The minimum atomic E-state index is -0.528. The molecule has 2 amide bonds. The van der Waals surface area contributed by atoms with Gasteiger partial charge in [-0.15, -0.1) is 0 Å². The second-order valence-corrected chi connectivity index (χ2v) is 8.08. The summed E-state index contributed by atoms with van der Waals surface area (Å²) in [4.78, 5) is 30.0. The molecule has 0 radical (unpaired) electrons. The average Bonchev–Trinajstić information content (AvgIpc) is 2.96. The number of hydrogen-bond acceptors (Lipinski definition) is 3. The van der Waals surface area contributed by atoms with Gasteiger partial charge < -0.3 is 20.4 Å². The van der Waals surface area contributed by atoms with Crippen molar-refractivity contribution in [2.75, 3.05) is 13.7 Å². The van der Waals surface area contributed by atoms with Gasteiger partial charge in [-0.3, -0.25) is 9.59 Å². The van der Waals surface area contributed by atoms with Gasteiger partial charge in [0.25, 0.3) is 5.91 Å². The molecule has 2 aromatic rings. The number of likely N-dealkylation sites (tertiary alicyclic amines) is 1. The third kappa shape index (κ3) is 2.47. The molecule has 2 heterocycles. The standard InChI is InChI=1S/C20H25N3O3/c1-11(2)13-8-20(13)9-16(18(21)24)23(10-20)19(25)15-7-12-14(22-15)5-4-6-17(12)26-3/h4-7,11,13,16,22H,8-10H2,1-3H3,(H2,21,24). The van der Waals surface area contributed by atoms with Gasteiger partial charge in [-0.2, -0.15) is 0 Å². The van der Waals surface area contributed by atoms with Crippen LogP contribution in [-0.2, 0) is 4.79 Å². The molecule has 6 heteroatoms. The lowest BCUT2D eigenvalue weighted by Gasteiger charge is -2.21. The van der Waals surface area contributed by atoms with Crippen LogP contribution in [0.2, 0.25) is 0 Å². The summed E-state index contributed by atoms with van der Waals surface area (Å²) in [6.07, 6.45) is 1.75. The summed E-state index contributed by atoms with van der Waals surface area (Å²) in [5.74, 6) is 1.24. The van der Waals surface area contributed by atoms with Crippen LogP contribution >= 0.6 is 0 Å². The van der Waals surface area contributed by atoms with Crippen molar-refractivity contribution in [3.63, 3.8) is 0 Å². The van der Waals surface area contributed by atoms with E-state index in [-0.39, 0.29) is 11.3 Å². The molecule has 1 saturated heterocycles. The van der Waals surface area contributed by atoms with Crippen molar-refractivity contribution in [1.82, 2.24) is 9.88 Å². The molecule has 3 unspecified atom stereocenters. The lowest BCUT2D eigenvalue weighted by Crippen LogP contribution is -2.43. The summed E-state index contributed by atoms with van der Waals surface area (Å²) >= 11 is 0. The van der Waals surface area contributed by atoms with Crippen LogP contribution in [0.4, 0.5) is 0 Å². The fourth-order valence-electron chi connectivity index (χ4n) is 4.79. The Morgan fingerprint density at radius 1 is 1.35 bits per heavy atom. The highest BCUT2D eigenvalue weighted by molar-refractivity contribution is 6.01. The lowest BCUT2D eigenvalue weighted by molar-refractivity contribution is -0.121. The highest BCUT2D eigenvalue weighted by Crippen LogP contribution is 2.63. The Balaban J connectivity index is 1.66. The van der Waals surface area contributed by atoms with E-state index in [0.29, 0.717) is 36.2 Å². The van der Waals surface area contributed by atoms with Crippen molar-refractivity contribution in [3.05, 3.63) is 30.0 Å². The third-order valence-corrected chi connectivity index (χ3v) is 6.18. The lowest BCUT2D eigenvalue weighted by atomic mass is 9.94. The van der Waals surface area contributed by atoms with Gasteiger partial charge >= 0.3 is 0 Å². The van der Waals surface area contributed by atoms with Crippen LogP contribution < -0.4 is 10.5 Å². The summed E-state index contributed by atoms with van der Waals surface area (Å²) in [7, 11) is 1.61. The quantitative estimate of drug-likeness (QED) is 0.883. The molecule has 3 atom stereocenters. The van der Waals surface area contributed by atoms with E-state index in [1.165, 1.54) is 0 Å². The normalized spacial score (nSPS) is 27.5. The Kier molecular flexibility index (Phi) is 3.75. The van der Waals surface area contributed by atoms with E-state index < -0.39 is 11.9 Å². The van der Waals surface area contributed by atoms with Gasteiger partial charge in [0.05, 0.1) is 7.11 Å². The van der Waals surface area contributed by atoms with Gasteiger partial charge in [0.2, 0.25) is 5.91 Å². The van der Waals surface area contributed by atoms with Gasteiger partial charge in [0, 0.05) is 17.4 Å². The number of fused-ring (bicyclic) bond motifs is 1. The molecular weight excluding hydrogens is 330 g/mol. The molecule has 3 N–H and O–H groups in total. The molecule has 1 saturated carbocycles. The number of nitrogens with zero attached hydrogens (tertiary/aromatic N) is 1. The van der Waals surface area contributed by atoms with Crippen molar-refractivity contribution in [2.45, 2.75) is 32.7 Å². The maximum absolute atomic E-state index is 13.2. The number of methoxy groups -OCH3 is 1. The van der Waals surface area contributed by atoms with Crippen LogP contribution in [0.3, 0.4) is 0 Å². The molecule has 1 aliphatic carbocycles. The second kappa shape index (κ2) is 5.76. The highest BCUT2D eigenvalue weighted by atomic mass is 16.5. The zero-order valence-corrected chi connectivity index (χ0v) is 15.4. The summed E-state index contributed by atoms with van der Waals surface area (Å²) in [5, 5.41) is 0.856. The van der Waals surface area contributed by atoms with Crippen molar-refractivity contribution in [3.8, 4) is 5.75 Å². The van der Waals surface area contributed by atoms with Crippen molar-refractivity contribution in [2.24, 2.45) is 23.0 Å². The number of nitrogens with two attached hydrogens (primary N) is 1. The number of H-pyrrole nitrogens is 1. The highest BCUT2D eigenvalue weighted by Gasteiger charge is 2.62. The fraction of sp³-hybridized carbons (Fsp3) is 0.500. The first-order valence-corrected chi connectivity index (χ1v) is 9.12. The van der Waals surface area contributed by atoms with Gasteiger partial charge in [-0.25, -0.2) is 0 Å². The molecule has 0 bridgehead atoms. The molecule has 26 heavy (non-hydrogen) atoms. The number of benzene rings is 1. The maximum atomic E-state index is 13.2. The summed E-state index contributed by atoms with van der Waals surface area (Å²) in [5.41, 5.74) is 7.00. The second-order valence-electron chi connectivity index (χ2n) is 8.08. The largest absolute Gasteiger partial charge is 0.496 e. The molecule has 2 aliphatic rings. The Morgan fingerprint density at radius 3 is 2.73 bits per heavy atom. The Labute approximate surface area is 152 Å². The fourth-order valence-corrected chi connectivity index (χ4v) is 4.79. The number of nitrogens with one attached hydrogen (secondary N) is 1. The van der Waals surface area contributed by atoms with E-state index in [0.717, 1.165) is 17.3 Å². The third-order valence-electron chi connectivity index (χ3n) is 6.18. The zero-order valence-electron chi connectivity index (χ0n) is 15.4. The molecule has 1 aromatic carbocycles. The number of primary amides is 1. The predicted octanol–water partition coefficient (Wildman–Crippen LogP) is 2.54. The van der Waals surface area contributed by atoms with Gasteiger partial charge in [0.1, 0.15) is 17.5 Å². The summed E-state index contributed by atoms with van der Waals surface area (Å²) in [6.45, 7) is 5.01. The van der Waals surface area contributed by atoms with E-state index in [4.69, 9.17) is 10.5 Å². The summed E-state index contributed by atoms with van der Waals surface area (Å²) in [6, 6.07) is 6.91. The Morgan fingerprint density at radius 2 is 2.12 bits per heavy atom.